The average molecular weight is 373 g/mol. The zero-order chi connectivity index (χ0) is 18.0. The van der Waals surface area contributed by atoms with Gasteiger partial charge in [-0.25, -0.2) is 0 Å². The van der Waals surface area contributed by atoms with Crippen molar-refractivity contribution in [2.75, 3.05) is 18.5 Å². The number of rotatable bonds is 5. The molecule has 2 aromatic carbocycles. The number of carboxylic acid groups (broad SMARTS) is 1. The molecule has 2 aromatic rings. The summed E-state index contributed by atoms with van der Waals surface area (Å²) < 4.78 is 0. The molecule has 0 saturated carbocycles. The Morgan fingerprint density at radius 2 is 1.77 bits per heavy atom. The summed E-state index contributed by atoms with van der Waals surface area (Å²) in [4.78, 5) is 17.1. The molecule has 3 rings (SSSR count). The molecule has 26 heavy (non-hydrogen) atoms. The van der Waals surface area contributed by atoms with Crippen molar-refractivity contribution in [1.29, 1.82) is 0 Å². The summed E-state index contributed by atoms with van der Waals surface area (Å²) in [6.07, 6.45) is 4.09. The van der Waals surface area contributed by atoms with Crippen LogP contribution in [-0.2, 0) is 10.2 Å². The summed E-state index contributed by atoms with van der Waals surface area (Å²) in [5, 5.41) is 10.7. The Hall–Kier alpha value is -1.24. The van der Waals surface area contributed by atoms with Crippen molar-refractivity contribution in [1.82, 2.24) is 0 Å². The van der Waals surface area contributed by atoms with Crippen LogP contribution < -0.4 is 61.4 Å². The largest absolute Gasteiger partial charge is 1.00 e. The van der Waals surface area contributed by atoms with E-state index in [1.807, 2.05) is 48.5 Å². The van der Waals surface area contributed by atoms with Crippen LogP contribution in [0.2, 0.25) is 0 Å². The van der Waals surface area contributed by atoms with Gasteiger partial charge in [-0.1, -0.05) is 50.3 Å². The second-order valence-corrected chi connectivity index (χ2v) is 6.79. The van der Waals surface area contributed by atoms with E-state index in [9.17, 15) is 9.90 Å². The number of hydrogen-bond donors (Lipinski definition) is 0. The number of likely N-dealkylation sites (N-methyl/N-ethyl adjacent to an activating group) is 1. The molecule has 1 heterocycles. The van der Waals surface area contributed by atoms with Gasteiger partial charge >= 0.3 is 51.4 Å². The first kappa shape index (κ1) is 21.1. The first-order chi connectivity index (χ1) is 11.9. The topological polar surface area (TPSA) is 55.7 Å². The van der Waals surface area contributed by atoms with Crippen molar-refractivity contribution >= 4 is 29.1 Å². The maximum atomic E-state index is 10.7. The van der Waals surface area contributed by atoms with E-state index in [1.165, 1.54) is 5.56 Å². The van der Waals surface area contributed by atoms with Gasteiger partial charge in [0.1, 0.15) is 0 Å². The number of fused-ring (bicyclic) bond motifs is 1. The zero-order valence-corrected chi connectivity index (χ0v) is 18.8. The van der Waals surface area contributed by atoms with Crippen LogP contribution in [0, 0.1) is 0 Å². The number of aliphatic carboxylic acids is 1. The Morgan fingerprint density at radius 3 is 2.38 bits per heavy atom. The second-order valence-electron chi connectivity index (χ2n) is 6.79. The van der Waals surface area contributed by atoms with Gasteiger partial charge in [0.2, 0.25) is 0 Å². The molecule has 0 bridgehead atoms. The standard InChI is InChI=1S/C21H22N2O2.K/c1-21(2)17-6-4-5-7-18(17)22-19(21)13-10-15-8-11-16(12-9-15)23(3)14-20(24)25;/h4-13H,14H2,1-3H3,(H,24,25);/q;+1/p-1. The van der Waals surface area contributed by atoms with Crippen LogP contribution in [0.3, 0.4) is 0 Å². The molecule has 128 valence electrons. The zero-order valence-electron chi connectivity index (χ0n) is 15.7. The van der Waals surface area contributed by atoms with Crippen LogP contribution in [0.4, 0.5) is 11.4 Å². The van der Waals surface area contributed by atoms with Crippen molar-refractivity contribution < 1.29 is 61.3 Å². The number of carbonyl (C=O) groups excluding carboxylic acids is 1. The molecule has 0 N–H and O–H groups in total. The van der Waals surface area contributed by atoms with Crippen LogP contribution in [0.5, 0.6) is 0 Å². The summed E-state index contributed by atoms with van der Waals surface area (Å²) in [7, 11) is 1.73. The van der Waals surface area contributed by atoms with Crippen LogP contribution in [0.1, 0.15) is 25.0 Å². The SMILES string of the molecule is CN(CC(=O)[O-])c1ccc(C=CC2=Nc3ccccc3C2(C)C)cc1.[K+]. The van der Waals surface area contributed by atoms with Gasteiger partial charge in [-0.3, -0.25) is 4.99 Å². The maximum Gasteiger partial charge on any atom is 1.00 e. The van der Waals surface area contributed by atoms with Gasteiger partial charge in [-0.05, 0) is 35.4 Å². The van der Waals surface area contributed by atoms with Gasteiger partial charge in [0.25, 0.3) is 0 Å². The third kappa shape index (κ3) is 4.53. The van der Waals surface area contributed by atoms with E-state index >= 15 is 0 Å². The smallest absolute Gasteiger partial charge is 0.548 e. The van der Waals surface area contributed by atoms with E-state index in [1.54, 1.807) is 11.9 Å². The minimum Gasteiger partial charge on any atom is -0.548 e. The predicted octanol–water partition coefficient (Wildman–Crippen LogP) is -0.0462. The summed E-state index contributed by atoms with van der Waals surface area (Å²) in [6.45, 7) is 4.23. The van der Waals surface area contributed by atoms with E-state index in [4.69, 9.17) is 4.99 Å². The van der Waals surface area contributed by atoms with Crippen LogP contribution in [0.15, 0.2) is 59.6 Å². The van der Waals surface area contributed by atoms with Gasteiger partial charge in [-0.15, -0.1) is 0 Å². The third-order valence-electron chi connectivity index (χ3n) is 4.59. The Morgan fingerprint density at radius 1 is 1.12 bits per heavy atom. The number of para-hydroxylation sites is 1. The molecule has 0 unspecified atom stereocenters. The summed E-state index contributed by atoms with van der Waals surface area (Å²) in [5.74, 6) is -1.09. The number of nitrogens with zero attached hydrogens (tertiary/aromatic N) is 2. The molecule has 4 nitrogen and oxygen atoms in total. The Bertz CT molecular complexity index is 855. The van der Waals surface area contributed by atoms with Crippen molar-refractivity contribution in [3.05, 3.63) is 65.7 Å². The monoisotopic (exact) mass is 372 g/mol. The first-order valence-corrected chi connectivity index (χ1v) is 8.26. The minimum atomic E-state index is -1.09. The van der Waals surface area contributed by atoms with Crippen LogP contribution in [-0.4, -0.2) is 25.3 Å². The van der Waals surface area contributed by atoms with Gasteiger partial charge in [0.05, 0.1) is 23.9 Å². The number of anilines is 1. The Labute approximate surface area is 197 Å². The van der Waals surface area contributed by atoms with Crippen molar-refractivity contribution in [3.8, 4) is 0 Å². The quantitative estimate of drug-likeness (QED) is 0.692. The minimum absolute atomic E-state index is 0. The second kappa shape index (κ2) is 8.63. The van der Waals surface area contributed by atoms with E-state index in [-0.39, 0.29) is 63.3 Å². The molecule has 0 fully saturated rings. The van der Waals surface area contributed by atoms with Gasteiger partial charge in [-0.2, -0.15) is 0 Å². The number of carbonyl (C=O) groups is 1. The third-order valence-corrected chi connectivity index (χ3v) is 4.59. The number of carboxylic acids is 1. The molecule has 0 spiro atoms. The first-order valence-electron chi connectivity index (χ1n) is 8.26. The molecule has 0 amide bonds. The summed E-state index contributed by atoms with van der Waals surface area (Å²) in [5.41, 5.74) is 5.08. The van der Waals surface area contributed by atoms with E-state index in [0.717, 1.165) is 22.6 Å². The fourth-order valence-electron chi connectivity index (χ4n) is 3.05. The molecule has 1 aliphatic rings. The molecule has 0 aliphatic carbocycles. The van der Waals surface area contributed by atoms with Gasteiger partial charge < -0.3 is 14.8 Å². The summed E-state index contributed by atoms with van der Waals surface area (Å²) in [6, 6.07) is 16.0. The van der Waals surface area contributed by atoms with Crippen molar-refractivity contribution in [2.24, 2.45) is 4.99 Å². The molecular weight excluding hydrogens is 351 g/mol. The van der Waals surface area contributed by atoms with E-state index < -0.39 is 5.97 Å². The fraction of sp³-hybridized carbons (Fsp3) is 0.238. The van der Waals surface area contributed by atoms with Crippen LogP contribution >= 0.6 is 0 Å². The number of benzene rings is 2. The number of hydrogen-bond acceptors (Lipinski definition) is 4. The van der Waals surface area contributed by atoms with Crippen molar-refractivity contribution in [3.63, 3.8) is 0 Å². The van der Waals surface area contributed by atoms with Gasteiger partial charge in [0.15, 0.2) is 0 Å². The molecule has 0 radical (unpaired) electrons. The fourth-order valence-corrected chi connectivity index (χ4v) is 3.05. The van der Waals surface area contributed by atoms with Gasteiger partial charge in [0, 0.05) is 18.2 Å². The Balaban J connectivity index is 0.00000243. The molecular formula is C21H21KN2O2. The molecule has 5 heteroatoms. The van der Waals surface area contributed by atoms with E-state index in [2.05, 4.69) is 26.0 Å². The van der Waals surface area contributed by atoms with E-state index in [0.29, 0.717) is 0 Å². The average Bonchev–Trinajstić information content (AvgIpc) is 2.84. The summed E-state index contributed by atoms with van der Waals surface area (Å²) >= 11 is 0. The van der Waals surface area contributed by atoms with Crippen LogP contribution in [0.25, 0.3) is 6.08 Å². The predicted molar refractivity (Wildman–Crippen MR) is 100 cm³/mol. The van der Waals surface area contributed by atoms with Crippen molar-refractivity contribution in [2.45, 2.75) is 19.3 Å². The number of aliphatic imine (C=N–C) groups is 1. The molecule has 0 saturated heterocycles. The Kier molecular flexibility index (Phi) is 6.99. The number of allylic oxidation sites excluding steroid dienone is 1. The molecule has 0 aromatic heterocycles. The normalized spacial score (nSPS) is 14.5. The maximum absolute atomic E-state index is 10.7. The molecule has 1 aliphatic heterocycles. The molecule has 0 atom stereocenters.